The van der Waals surface area contributed by atoms with Gasteiger partial charge in [-0.1, -0.05) is 23.7 Å². The van der Waals surface area contributed by atoms with Crippen molar-refractivity contribution in [2.45, 2.75) is 18.9 Å². The number of nitrogens with zero attached hydrogens (tertiary/aromatic N) is 1. The molecular formula is C13H16ClNO3. The highest BCUT2D eigenvalue weighted by molar-refractivity contribution is 6.33. The fourth-order valence-corrected chi connectivity index (χ4v) is 2.26. The summed E-state index contributed by atoms with van der Waals surface area (Å²) >= 11 is 6.10. The largest absolute Gasteiger partial charge is 0.396 e. The van der Waals surface area contributed by atoms with E-state index in [1.54, 1.807) is 11.0 Å². The van der Waals surface area contributed by atoms with Crippen LogP contribution in [0.4, 0.5) is 5.69 Å². The second-order valence-electron chi connectivity index (χ2n) is 4.25. The molecule has 0 bridgehead atoms. The summed E-state index contributed by atoms with van der Waals surface area (Å²) in [6.07, 6.45) is 1.38. The molecule has 1 aromatic rings. The number of ether oxygens (including phenoxy) is 1. The fourth-order valence-electron chi connectivity index (χ4n) is 2.02. The zero-order chi connectivity index (χ0) is 13.0. The molecule has 1 atom stereocenters. The summed E-state index contributed by atoms with van der Waals surface area (Å²) in [7, 11) is 0. The van der Waals surface area contributed by atoms with Crippen molar-refractivity contribution in [2.75, 3.05) is 24.7 Å². The molecule has 98 valence electrons. The topological polar surface area (TPSA) is 49.8 Å². The zero-order valence-electron chi connectivity index (χ0n) is 10.0. The molecule has 1 unspecified atom stereocenters. The van der Waals surface area contributed by atoms with Crippen LogP contribution in [0, 0.1) is 0 Å². The van der Waals surface area contributed by atoms with Crippen molar-refractivity contribution in [1.82, 2.24) is 0 Å². The number of aliphatic hydroxyl groups excluding tert-OH is 1. The van der Waals surface area contributed by atoms with Crippen molar-refractivity contribution >= 4 is 23.2 Å². The molecule has 1 aliphatic heterocycles. The summed E-state index contributed by atoms with van der Waals surface area (Å²) in [5.41, 5.74) is 0.724. The molecule has 1 heterocycles. The molecule has 5 heteroatoms. The first kappa shape index (κ1) is 13.3. The smallest absolute Gasteiger partial charge is 0.253 e. The summed E-state index contributed by atoms with van der Waals surface area (Å²) in [6, 6.07) is 7.28. The van der Waals surface area contributed by atoms with E-state index in [1.807, 2.05) is 18.2 Å². The van der Waals surface area contributed by atoms with E-state index in [2.05, 4.69) is 0 Å². The Balaban J connectivity index is 2.10. The number of anilines is 1. The SMILES string of the molecule is O=C1COC(CCCO)CN1c1ccccc1Cl. The van der Waals surface area contributed by atoms with E-state index in [0.29, 0.717) is 18.0 Å². The maximum Gasteiger partial charge on any atom is 0.253 e. The average Bonchev–Trinajstić information content (AvgIpc) is 2.39. The van der Waals surface area contributed by atoms with Gasteiger partial charge in [0.05, 0.1) is 23.4 Å². The van der Waals surface area contributed by atoms with Crippen molar-refractivity contribution in [2.24, 2.45) is 0 Å². The van der Waals surface area contributed by atoms with Crippen LogP contribution in [0.3, 0.4) is 0 Å². The van der Waals surface area contributed by atoms with Crippen molar-refractivity contribution in [1.29, 1.82) is 0 Å². The number of para-hydroxylation sites is 1. The number of halogens is 1. The minimum atomic E-state index is -0.0802. The van der Waals surface area contributed by atoms with Gasteiger partial charge in [0.2, 0.25) is 0 Å². The molecule has 2 rings (SSSR count). The quantitative estimate of drug-likeness (QED) is 0.907. The fraction of sp³-hybridized carbons (Fsp3) is 0.462. The number of aliphatic hydroxyl groups is 1. The second-order valence-corrected chi connectivity index (χ2v) is 4.66. The molecule has 4 nitrogen and oxygen atoms in total. The van der Waals surface area contributed by atoms with E-state index in [4.69, 9.17) is 21.4 Å². The lowest BCUT2D eigenvalue weighted by Gasteiger charge is -2.33. The van der Waals surface area contributed by atoms with E-state index in [1.165, 1.54) is 0 Å². The van der Waals surface area contributed by atoms with Gasteiger partial charge in [0, 0.05) is 6.61 Å². The third-order valence-electron chi connectivity index (χ3n) is 2.96. The van der Waals surface area contributed by atoms with Gasteiger partial charge in [-0.3, -0.25) is 4.79 Å². The van der Waals surface area contributed by atoms with E-state index >= 15 is 0 Å². The van der Waals surface area contributed by atoms with Crippen LogP contribution in [0.1, 0.15) is 12.8 Å². The molecule has 0 aliphatic carbocycles. The van der Waals surface area contributed by atoms with Crippen LogP contribution in [0.25, 0.3) is 0 Å². The van der Waals surface area contributed by atoms with Gasteiger partial charge in [-0.15, -0.1) is 0 Å². The maximum atomic E-state index is 11.9. The van der Waals surface area contributed by atoms with E-state index in [-0.39, 0.29) is 25.2 Å². The van der Waals surface area contributed by atoms with Gasteiger partial charge < -0.3 is 14.7 Å². The molecule has 0 saturated carbocycles. The number of carbonyl (C=O) groups is 1. The van der Waals surface area contributed by atoms with Crippen LogP contribution in [0.2, 0.25) is 5.02 Å². The van der Waals surface area contributed by atoms with Gasteiger partial charge in [0.1, 0.15) is 6.61 Å². The maximum absolute atomic E-state index is 11.9. The van der Waals surface area contributed by atoms with Crippen molar-refractivity contribution < 1.29 is 14.6 Å². The van der Waals surface area contributed by atoms with Gasteiger partial charge in [0.25, 0.3) is 5.91 Å². The second kappa shape index (κ2) is 6.18. The predicted octanol–water partition coefficient (Wildman–Crippen LogP) is 1.84. The number of hydrogen-bond donors (Lipinski definition) is 1. The lowest BCUT2D eigenvalue weighted by Crippen LogP contribution is -2.47. The monoisotopic (exact) mass is 269 g/mol. The number of amides is 1. The van der Waals surface area contributed by atoms with Crippen molar-refractivity contribution in [3.8, 4) is 0 Å². The van der Waals surface area contributed by atoms with Crippen LogP contribution in [0.15, 0.2) is 24.3 Å². The molecule has 1 amide bonds. The lowest BCUT2D eigenvalue weighted by atomic mass is 10.1. The Kier molecular flexibility index (Phi) is 4.58. The molecule has 1 fully saturated rings. The number of carbonyl (C=O) groups excluding carboxylic acids is 1. The summed E-state index contributed by atoms with van der Waals surface area (Å²) in [4.78, 5) is 13.5. The predicted molar refractivity (Wildman–Crippen MR) is 69.9 cm³/mol. The highest BCUT2D eigenvalue weighted by atomic mass is 35.5. The Morgan fingerprint density at radius 3 is 2.94 bits per heavy atom. The highest BCUT2D eigenvalue weighted by Crippen LogP contribution is 2.27. The minimum Gasteiger partial charge on any atom is -0.396 e. The Morgan fingerprint density at radius 1 is 1.44 bits per heavy atom. The summed E-state index contributed by atoms with van der Waals surface area (Å²) in [5.74, 6) is -0.0802. The third-order valence-corrected chi connectivity index (χ3v) is 3.28. The Bertz CT molecular complexity index is 424. The Labute approximate surface area is 111 Å². The lowest BCUT2D eigenvalue weighted by molar-refractivity contribution is -0.129. The molecule has 0 spiro atoms. The normalized spacial score (nSPS) is 20.2. The first-order chi connectivity index (χ1) is 8.72. The number of morpholine rings is 1. The van der Waals surface area contributed by atoms with Gasteiger partial charge in [-0.25, -0.2) is 0 Å². The van der Waals surface area contributed by atoms with Gasteiger partial charge in [-0.05, 0) is 25.0 Å². The van der Waals surface area contributed by atoms with Crippen LogP contribution < -0.4 is 4.90 Å². The zero-order valence-corrected chi connectivity index (χ0v) is 10.8. The first-order valence-electron chi connectivity index (χ1n) is 5.99. The summed E-state index contributed by atoms with van der Waals surface area (Å²) in [6.45, 7) is 0.698. The minimum absolute atomic E-state index is 0.0360. The molecule has 1 saturated heterocycles. The van der Waals surface area contributed by atoms with E-state index in [9.17, 15) is 4.79 Å². The van der Waals surface area contributed by atoms with Gasteiger partial charge in [-0.2, -0.15) is 0 Å². The molecule has 18 heavy (non-hydrogen) atoms. The molecule has 1 aliphatic rings. The van der Waals surface area contributed by atoms with Crippen LogP contribution >= 0.6 is 11.6 Å². The molecule has 1 N–H and O–H groups in total. The van der Waals surface area contributed by atoms with E-state index < -0.39 is 0 Å². The summed E-state index contributed by atoms with van der Waals surface area (Å²) in [5, 5.41) is 9.38. The van der Waals surface area contributed by atoms with Crippen molar-refractivity contribution in [3.63, 3.8) is 0 Å². The molecule has 0 aromatic heterocycles. The standard InChI is InChI=1S/C13H16ClNO3/c14-11-5-1-2-6-12(11)15-8-10(4-3-7-16)18-9-13(15)17/h1-2,5-6,10,16H,3-4,7-9H2. The molecular weight excluding hydrogens is 254 g/mol. The average molecular weight is 270 g/mol. The molecule has 0 radical (unpaired) electrons. The van der Waals surface area contributed by atoms with Crippen molar-refractivity contribution in [3.05, 3.63) is 29.3 Å². The third kappa shape index (κ3) is 3.02. The van der Waals surface area contributed by atoms with Crippen LogP contribution in [-0.4, -0.2) is 36.9 Å². The highest BCUT2D eigenvalue weighted by Gasteiger charge is 2.28. The Hall–Kier alpha value is -1.10. The van der Waals surface area contributed by atoms with Gasteiger partial charge >= 0.3 is 0 Å². The first-order valence-corrected chi connectivity index (χ1v) is 6.37. The molecule has 1 aromatic carbocycles. The number of benzene rings is 1. The number of rotatable bonds is 4. The summed E-state index contributed by atoms with van der Waals surface area (Å²) < 4.78 is 5.44. The van der Waals surface area contributed by atoms with Crippen LogP contribution in [-0.2, 0) is 9.53 Å². The van der Waals surface area contributed by atoms with Crippen LogP contribution in [0.5, 0.6) is 0 Å². The van der Waals surface area contributed by atoms with Gasteiger partial charge in [0.15, 0.2) is 0 Å². The Morgan fingerprint density at radius 2 is 2.22 bits per heavy atom. The number of hydrogen-bond acceptors (Lipinski definition) is 3. The van der Waals surface area contributed by atoms with E-state index in [0.717, 1.165) is 12.1 Å².